The highest BCUT2D eigenvalue weighted by Gasteiger charge is 2.54. The van der Waals surface area contributed by atoms with Crippen LogP contribution in [0.15, 0.2) is 0 Å². The Bertz CT molecular complexity index is 203. The summed E-state index contributed by atoms with van der Waals surface area (Å²) in [5, 5.41) is 2.12. The Hall–Kier alpha value is 0.700. The third-order valence-electron chi connectivity index (χ3n) is 5.25. The van der Waals surface area contributed by atoms with Gasteiger partial charge in [-0.3, -0.25) is 0 Å². The summed E-state index contributed by atoms with van der Waals surface area (Å²) in [6.45, 7) is 0. The van der Waals surface area contributed by atoms with E-state index in [1.807, 2.05) is 0 Å². The zero-order valence-corrected chi connectivity index (χ0v) is 10.2. The molecule has 0 N–H and O–H groups in total. The smallest absolute Gasteiger partial charge is 0.0193 e. The van der Waals surface area contributed by atoms with Crippen LogP contribution in [0.25, 0.3) is 0 Å². The first-order valence-corrected chi connectivity index (χ1v) is 8.53. The van der Waals surface area contributed by atoms with Gasteiger partial charge in [0.15, 0.2) is 0 Å². The van der Waals surface area contributed by atoms with Gasteiger partial charge in [-0.2, -0.15) is 0 Å². The number of hydrogen-bond donors (Lipinski definition) is 0. The molecule has 4 atom stereocenters. The molecule has 0 bridgehead atoms. The first-order valence-electron chi connectivity index (χ1n) is 6.25. The highest BCUT2D eigenvalue weighted by molar-refractivity contribution is 8.77. The van der Waals surface area contributed by atoms with Gasteiger partial charge in [-0.1, -0.05) is 21.6 Å². The normalized spacial score (nSPS) is 60.0. The summed E-state index contributed by atoms with van der Waals surface area (Å²) in [5.74, 6) is 4.63. The van der Waals surface area contributed by atoms with Gasteiger partial charge in [0.1, 0.15) is 0 Å². The molecule has 3 aliphatic carbocycles. The Kier molecular flexibility index (Phi) is 1.95. The second-order valence-electron chi connectivity index (χ2n) is 5.68. The van der Waals surface area contributed by atoms with Gasteiger partial charge in [0.05, 0.1) is 0 Å². The summed E-state index contributed by atoms with van der Waals surface area (Å²) >= 11 is 0. The average molecular weight is 226 g/mol. The van der Waals surface area contributed by atoms with Crippen molar-refractivity contribution in [3.8, 4) is 0 Å². The van der Waals surface area contributed by atoms with E-state index in [4.69, 9.17) is 0 Å². The standard InChI is InChI=1S/C12H18S2/c1-2-8-4-6-10-12-9(13-14-10)5-3-7(1)11(8)12/h7-12H,1-6H2. The van der Waals surface area contributed by atoms with Crippen LogP contribution in [0.4, 0.5) is 0 Å². The van der Waals surface area contributed by atoms with Crippen molar-refractivity contribution in [1.82, 2.24) is 0 Å². The second kappa shape index (κ2) is 3.10. The largest absolute Gasteiger partial charge is 0.0901 e. The molecule has 14 heavy (non-hydrogen) atoms. The zero-order valence-electron chi connectivity index (χ0n) is 8.52. The van der Waals surface area contributed by atoms with Crippen molar-refractivity contribution >= 4 is 21.6 Å². The van der Waals surface area contributed by atoms with Crippen molar-refractivity contribution in [2.24, 2.45) is 23.7 Å². The predicted molar refractivity (Wildman–Crippen MR) is 64.4 cm³/mol. The molecule has 2 heteroatoms. The fraction of sp³-hybridized carbons (Fsp3) is 1.00. The maximum absolute atomic E-state index is 2.25. The van der Waals surface area contributed by atoms with Crippen LogP contribution in [-0.4, -0.2) is 10.5 Å². The molecule has 0 aromatic carbocycles. The lowest BCUT2D eigenvalue weighted by Crippen LogP contribution is -2.42. The Labute approximate surface area is 94.4 Å². The van der Waals surface area contributed by atoms with Crippen LogP contribution >= 0.6 is 21.6 Å². The highest BCUT2D eigenvalue weighted by atomic mass is 33.1. The fourth-order valence-electron chi connectivity index (χ4n) is 4.74. The quantitative estimate of drug-likeness (QED) is 0.573. The molecule has 1 aliphatic heterocycles. The highest BCUT2D eigenvalue weighted by Crippen LogP contribution is 2.65. The summed E-state index contributed by atoms with van der Waals surface area (Å²) in [6.07, 6.45) is 9.41. The Morgan fingerprint density at radius 2 is 1.07 bits per heavy atom. The van der Waals surface area contributed by atoms with E-state index in [1.54, 1.807) is 38.5 Å². The fourth-order valence-corrected chi connectivity index (χ4v) is 8.80. The van der Waals surface area contributed by atoms with E-state index in [1.165, 1.54) is 5.92 Å². The average Bonchev–Trinajstić information content (AvgIpc) is 2.77. The van der Waals surface area contributed by atoms with E-state index >= 15 is 0 Å². The van der Waals surface area contributed by atoms with Crippen molar-refractivity contribution < 1.29 is 0 Å². The van der Waals surface area contributed by atoms with Gasteiger partial charge in [-0.15, -0.1) is 0 Å². The minimum Gasteiger partial charge on any atom is -0.0901 e. The molecule has 78 valence electrons. The molecule has 0 spiro atoms. The molecule has 1 heterocycles. The van der Waals surface area contributed by atoms with Gasteiger partial charge in [0.25, 0.3) is 0 Å². The van der Waals surface area contributed by atoms with Crippen LogP contribution in [0.3, 0.4) is 0 Å². The molecule has 4 aliphatic rings. The summed E-state index contributed by atoms with van der Waals surface area (Å²) in [6, 6.07) is 0. The van der Waals surface area contributed by atoms with Gasteiger partial charge in [0.2, 0.25) is 0 Å². The molecule has 3 saturated carbocycles. The lowest BCUT2D eigenvalue weighted by Gasteiger charge is -2.44. The van der Waals surface area contributed by atoms with E-state index in [2.05, 4.69) is 21.6 Å². The molecule has 0 amide bonds. The summed E-state index contributed by atoms with van der Waals surface area (Å²) in [5.41, 5.74) is 0. The molecular formula is C12H18S2. The third kappa shape index (κ3) is 1.05. The van der Waals surface area contributed by atoms with E-state index in [0.717, 1.165) is 28.3 Å². The molecule has 0 nitrogen and oxygen atoms in total. The molecule has 4 unspecified atom stereocenters. The summed E-state index contributed by atoms with van der Waals surface area (Å²) < 4.78 is 0. The van der Waals surface area contributed by atoms with Gasteiger partial charge < -0.3 is 0 Å². The molecule has 0 aromatic rings. The molecule has 1 saturated heterocycles. The minimum absolute atomic E-state index is 1.06. The molecular weight excluding hydrogens is 208 g/mol. The van der Waals surface area contributed by atoms with E-state index in [0.29, 0.717) is 0 Å². The van der Waals surface area contributed by atoms with E-state index in [-0.39, 0.29) is 0 Å². The SMILES string of the molecule is C1CC2CCC3SSC4CCC1C2C43. The number of hydrogen-bond acceptors (Lipinski definition) is 2. The van der Waals surface area contributed by atoms with Gasteiger partial charge in [-0.05, 0) is 62.2 Å². The maximum Gasteiger partial charge on any atom is 0.0193 e. The van der Waals surface area contributed by atoms with Crippen molar-refractivity contribution in [3.63, 3.8) is 0 Å². The monoisotopic (exact) mass is 226 g/mol. The molecule has 4 rings (SSSR count). The van der Waals surface area contributed by atoms with Crippen molar-refractivity contribution in [1.29, 1.82) is 0 Å². The van der Waals surface area contributed by atoms with Crippen molar-refractivity contribution in [2.45, 2.75) is 49.0 Å². The van der Waals surface area contributed by atoms with Crippen LogP contribution in [0.5, 0.6) is 0 Å². The molecule has 0 aromatic heterocycles. The van der Waals surface area contributed by atoms with Crippen LogP contribution in [0.1, 0.15) is 38.5 Å². The van der Waals surface area contributed by atoms with Crippen LogP contribution < -0.4 is 0 Å². The van der Waals surface area contributed by atoms with E-state index < -0.39 is 0 Å². The Morgan fingerprint density at radius 1 is 0.571 bits per heavy atom. The Balaban J connectivity index is 1.73. The minimum atomic E-state index is 1.06. The molecule has 4 fully saturated rings. The van der Waals surface area contributed by atoms with Crippen molar-refractivity contribution in [3.05, 3.63) is 0 Å². The lowest BCUT2D eigenvalue weighted by molar-refractivity contribution is 0.110. The Morgan fingerprint density at radius 3 is 1.64 bits per heavy atom. The van der Waals surface area contributed by atoms with Crippen molar-refractivity contribution in [2.75, 3.05) is 0 Å². The van der Waals surface area contributed by atoms with Gasteiger partial charge in [-0.25, -0.2) is 0 Å². The summed E-state index contributed by atoms with van der Waals surface area (Å²) in [4.78, 5) is 0. The van der Waals surface area contributed by atoms with Gasteiger partial charge in [0, 0.05) is 10.5 Å². The van der Waals surface area contributed by atoms with Crippen LogP contribution in [0.2, 0.25) is 0 Å². The van der Waals surface area contributed by atoms with Crippen LogP contribution in [0, 0.1) is 23.7 Å². The maximum atomic E-state index is 2.25. The second-order valence-corrected chi connectivity index (χ2v) is 8.43. The topological polar surface area (TPSA) is 0 Å². The van der Waals surface area contributed by atoms with E-state index in [9.17, 15) is 0 Å². The van der Waals surface area contributed by atoms with Crippen LogP contribution in [-0.2, 0) is 0 Å². The first kappa shape index (κ1) is 8.81. The predicted octanol–water partition coefficient (Wildman–Crippen LogP) is 3.96. The lowest BCUT2D eigenvalue weighted by atomic mass is 9.64. The molecule has 0 radical (unpaired) electrons. The zero-order chi connectivity index (χ0) is 9.12. The van der Waals surface area contributed by atoms with Gasteiger partial charge >= 0.3 is 0 Å². The number of rotatable bonds is 0. The first-order chi connectivity index (χ1) is 6.93. The summed E-state index contributed by atoms with van der Waals surface area (Å²) in [7, 11) is 4.50. The third-order valence-corrected chi connectivity index (χ3v) is 8.77.